The summed E-state index contributed by atoms with van der Waals surface area (Å²) in [5.41, 5.74) is 0.907. The first kappa shape index (κ1) is 12.4. The molecule has 1 aliphatic heterocycles. The van der Waals surface area contributed by atoms with Crippen molar-refractivity contribution in [3.8, 4) is 0 Å². The van der Waals surface area contributed by atoms with Gasteiger partial charge in [-0.05, 0) is 30.4 Å². The molecule has 0 amide bonds. The van der Waals surface area contributed by atoms with Crippen LogP contribution in [0.4, 0.5) is 4.39 Å². The van der Waals surface area contributed by atoms with E-state index in [0.29, 0.717) is 6.04 Å². The van der Waals surface area contributed by atoms with Crippen LogP contribution in [-0.4, -0.2) is 30.6 Å². The molecule has 98 valence electrons. The van der Waals surface area contributed by atoms with E-state index in [2.05, 4.69) is 10.2 Å². The third-order valence-corrected chi connectivity index (χ3v) is 4.39. The second-order valence-electron chi connectivity index (χ2n) is 5.29. The van der Waals surface area contributed by atoms with E-state index in [1.165, 1.54) is 18.9 Å². The van der Waals surface area contributed by atoms with Gasteiger partial charge in [0, 0.05) is 32.2 Å². The van der Waals surface area contributed by atoms with E-state index in [9.17, 15) is 4.39 Å². The fraction of sp³-hybridized carbons (Fsp3) is 0.571. The zero-order chi connectivity index (χ0) is 12.5. The minimum absolute atomic E-state index is 0.283. The monoisotopic (exact) mass is 268 g/mol. The van der Waals surface area contributed by atoms with Crippen LogP contribution in [0, 0.1) is 11.7 Å². The average molecular weight is 269 g/mol. The minimum atomic E-state index is -0.313. The molecule has 1 heterocycles. The number of nitrogens with one attached hydrogen (secondary N) is 1. The molecule has 1 aromatic rings. The van der Waals surface area contributed by atoms with Crippen LogP contribution >= 0.6 is 11.6 Å². The van der Waals surface area contributed by atoms with Crippen LogP contribution in [0.5, 0.6) is 0 Å². The number of hydrogen-bond donors (Lipinski definition) is 1. The molecule has 3 rings (SSSR count). The molecule has 1 atom stereocenters. The number of hydrogen-bond acceptors (Lipinski definition) is 2. The van der Waals surface area contributed by atoms with Crippen molar-refractivity contribution in [3.05, 3.63) is 34.6 Å². The second kappa shape index (κ2) is 5.16. The van der Waals surface area contributed by atoms with E-state index in [1.807, 2.05) is 6.07 Å². The molecule has 1 saturated heterocycles. The van der Waals surface area contributed by atoms with Gasteiger partial charge in [-0.15, -0.1) is 0 Å². The van der Waals surface area contributed by atoms with Gasteiger partial charge in [-0.25, -0.2) is 4.39 Å². The summed E-state index contributed by atoms with van der Waals surface area (Å²) >= 11 is 6.04. The predicted octanol–water partition coefficient (Wildman–Crippen LogP) is 2.66. The van der Waals surface area contributed by atoms with Gasteiger partial charge in [0.2, 0.25) is 0 Å². The maximum Gasteiger partial charge on any atom is 0.142 e. The highest BCUT2D eigenvalue weighted by Gasteiger charge is 2.36. The minimum Gasteiger partial charge on any atom is -0.314 e. The number of halogens is 2. The lowest BCUT2D eigenvalue weighted by Gasteiger charge is -2.36. The topological polar surface area (TPSA) is 15.3 Å². The van der Waals surface area contributed by atoms with E-state index in [4.69, 9.17) is 11.6 Å². The Hall–Kier alpha value is -0.640. The number of piperazine rings is 1. The van der Waals surface area contributed by atoms with Crippen molar-refractivity contribution in [2.75, 3.05) is 19.6 Å². The Labute approximate surface area is 112 Å². The quantitative estimate of drug-likeness (QED) is 0.907. The first-order valence-corrected chi connectivity index (χ1v) is 7.01. The van der Waals surface area contributed by atoms with Gasteiger partial charge in [-0.1, -0.05) is 23.7 Å². The van der Waals surface area contributed by atoms with Crippen LogP contribution in [0.1, 0.15) is 18.4 Å². The number of benzene rings is 1. The van der Waals surface area contributed by atoms with Crippen molar-refractivity contribution >= 4 is 11.6 Å². The van der Waals surface area contributed by atoms with Gasteiger partial charge >= 0.3 is 0 Å². The largest absolute Gasteiger partial charge is 0.314 e. The molecular weight excluding hydrogens is 251 g/mol. The molecule has 1 unspecified atom stereocenters. The molecule has 1 N–H and O–H groups in total. The molecular formula is C14H18ClFN2. The van der Waals surface area contributed by atoms with E-state index in [-0.39, 0.29) is 10.8 Å². The lowest BCUT2D eigenvalue weighted by molar-refractivity contribution is 0.135. The van der Waals surface area contributed by atoms with Gasteiger partial charge in [0.05, 0.1) is 5.02 Å². The molecule has 0 spiro atoms. The van der Waals surface area contributed by atoms with E-state index in [1.54, 1.807) is 6.07 Å². The molecule has 2 aliphatic rings. The molecule has 4 heteroatoms. The van der Waals surface area contributed by atoms with Gasteiger partial charge < -0.3 is 5.32 Å². The van der Waals surface area contributed by atoms with Gasteiger partial charge in [0.25, 0.3) is 0 Å². The fourth-order valence-corrected chi connectivity index (χ4v) is 2.98. The summed E-state index contributed by atoms with van der Waals surface area (Å²) in [4.78, 5) is 2.45. The maximum absolute atomic E-state index is 13.4. The molecule has 1 aliphatic carbocycles. The van der Waals surface area contributed by atoms with Crippen LogP contribution < -0.4 is 5.32 Å². The van der Waals surface area contributed by atoms with Gasteiger partial charge in [0.15, 0.2) is 0 Å². The Bertz CT molecular complexity index is 434. The summed E-state index contributed by atoms with van der Waals surface area (Å²) < 4.78 is 13.4. The molecule has 0 aromatic heterocycles. The number of nitrogens with zero attached hydrogens (tertiary/aromatic N) is 1. The van der Waals surface area contributed by atoms with Crippen molar-refractivity contribution in [1.82, 2.24) is 10.2 Å². The van der Waals surface area contributed by atoms with Crippen molar-refractivity contribution in [2.24, 2.45) is 5.92 Å². The molecule has 0 radical (unpaired) electrons. The summed E-state index contributed by atoms with van der Waals surface area (Å²) in [6.45, 7) is 3.85. The van der Waals surface area contributed by atoms with Crippen LogP contribution in [0.25, 0.3) is 0 Å². The van der Waals surface area contributed by atoms with E-state index < -0.39 is 0 Å². The molecule has 1 saturated carbocycles. The molecule has 0 bridgehead atoms. The fourth-order valence-electron chi connectivity index (χ4n) is 2.80. The summed E-state index contributed by atoms with van der Waals surface area (Å²) in [7, 11) is 0. The molecule has 1 aromatic carbocycles. The second-order valence-corrected chi connectivity index (χ2v) is 5.67. The molecule has 2 fully saturated rings. The zero-order valence-corrected chi connectivity index (χ0v) is 11.1. The smallest absolute Gasteiger partial charge is 0.142 e. The van der Waals surface area contributed by atoms with Gasteiger partial charge in [-0.2, -0.15) is 0 Å². The Morgan fingerprint density at radius 1 is 1.39 bits per heavy atom. The first-order valence-electron chi connectivity index (χ1n) is 6.63. The van der Waals surface area contributed by atoms with Crippen molar-refractivity contribution in [1.29, 1.82) is 0 Å². The summed E-state index contributed by atoms with van der Waals surface area (Å²) in [5, 5.41) is 3.73. The van der Waals surface area contributed by atoms with E-state index in [0.717, 1.165) is 37.7 Å². The highest BCUT2D eigenvalue weighted by molar-refractivity contribution is 6.31. The SMILES string of the molecule is Fc1cccc(CN2CCNCC2C2CC2)c1Cl. The third-order valence-electron chi connectivity index (χ3n) is 3.97. The molecule has 2 nitrogen and oxygen atoms in total. The van der Waals surface area contributed by atoms with Crippen molar-refractivity contribution in [2.45, 2.75) is 25.4 Å². The van der Waals surface area contributed by atoms with Crippen LogP contribution in [-0.2, 0) is 6.54 Å². The Morgan fingerprint density at radius 2 is 2.22 bits per heavy atom. The Kier molecular flexibility index (Phi) is 3.55. The lowest BCUT2D eigenvalue weighted by Crippen LogP contribution is -2.51. The third kappa shape index (κ3) is 2.53. The van der Waals surface area contributed by atoms with Crippen LogP contribution in [0.3, 0.4) is 0 Å². The summed E-state index contributed by atoms with van der Waals surface area (Å²) in [6, 6.07) is 5.68. The van der Waals surface area contributed by atoms with Crippen LogP contribution in [0.2, 0.25) is 5.02 Å². The van der Waals surface area contributed by atoms with Crippen LogP contribution in [0.15, 0.2) is 18.2 Å². The van der Waals surface area contributed by atoms with E-state index >= 15 is 0 Å². The van der Waals surface area contributed by atoms with Crippen molar-refractivity contribution < 1.29 is 4.39 Å². The Morgan fingerprint density at radius 3 is 3.00 bits per heavy atom. The predicted molar refractivity (Wildman–Crippen MR) is 71.2 cm³/mol. The maximum atomic E-state index is 13.4. The highest BCUT2D eigenvalue weighted by Crippen LogP contribution is 2.36. The standard InChI is InChI=1S/C14H18ClFN2/c15-14-11(2-1-3-12(14)16)9-18-7-6-17-8-13(18)10-4-5-10/h1-3,10,13,17H,4-9H2. The average Bonchev–Trinajstić information content (AvgIpc) is 3.20. The normalized spacial score (nSPS) is 25.3. The highest BCUT2D eigenvalue weighted by atomic mass is 35.5. The summed E-state index contributed by atoms with van der Waals surface area (Å²) in [5.74, 6) is 0.511. The van der Waals surface area contributed by atoms with Gasteiger partial charge in [0.1, 0.15) is 5.82 Å². The Balaban J connectivity index is 1.75. The van der Waals surface area contributed by atoms with Gasteiger partial charge in [-0.3, -0.25) is 4.90 Å². The van der Waals surface area contributed by atoms with Crippen molar-refractivity contribution in [3.63, 3.8) is 0 Å². The first-order chi connectivity index (χ1) is 8.75. The molecule has 18 heavy (non-hydrogen) atoms. The zero-order valence-electron chi connectivity index (χ0n) is 10.3. The lowest BCUT2D eigenvalue weighted by atomic mass is 10.1. The number of rotatable bonds is 3. The summed E-state index contributed by atoms with van der Waals surface area (Å²) in [6.07, 6.45) is 2.67.